The molecule has 0 radical (unpaired) electrons. The maximum Gasteiger partial charge on any atom is 0.296 e. The summed E-state index contributed by atoms with van der Waals surface area (Å²) in [4.78, 5) is 46.2. The summed E-state index contributed by atoms with van der Waals surface area (Å²) >= 11 is 1.24. The van der Waals surface area contributed by atoms with Crippen LogP contribution in [-0.2, 0) is 11.2 Å². The van der Waals surface area contributed by atoms with E-state index in [1.807, 2.05) is 17.0 Å². The Kier molecular flexibility index (Phi) is 6.10. The molecule has 7 nitrogen and oxygen atoms in total. The van der Waals surface area contributed by atoms with Crippen LogP contribution in [-0.4, -0.2) is 64.0 Å². The van der Waals surface area contributed by atoms with Crippen molar-refractivity contribution in [1.29, 1.82) is 0 Å². The Morgan fingerprint density at radius 1 is 1.16 bits per heavy atom. The topological polar surface area (TPSA) is 75.0 Å². The van der Waals surface area contributed by atoms with Gasteiger partial charge in [-0.3, -0.25) is 18.8 Å². The van der Waals surface area contributed by atoms with E-state index in [2.05, 4.69) is 4.98 Å². The van der Waals surface area contributed by atoms with Crippen LogP contribution < -0.4 is 0 Å². The van der Waals surface area contributed by atoms with Crippen molar-refractivity contribution in [3.05, 3.63) is 58.1 Å². The molecule has 0 spiro atoms. The zero-order chi connectivity index (χ0) is 23.0. The maximum atomic E-state index is 13.2. The number of piperidine rings is 1. The van der Waals surface area contributed by atoms with E-state index in [4.69, 9.17) is 0 Å². The number of rotatable bonds is 5. The van der Waals surface area contributed by atoms with Crippen LogP contribution in [0.3, 0.4) is 0 Å². The molecule has 0 saturated carbocycles. The molecule has 3 heterocycles. The van der Waals surface area contributed by atoms with E-state index in [-0.39, 0.29) is 17.4 Å². The van der Waals surface area contributed by atoms with Crippen LogP contribution in [0.5, 0.6) is 0 Å². The molecular formula is C23H25FN4O3S. The SMILES string of the molecule is Cc1c(C(=O)N2CCC(Cc3ccc(F)cc3)CC2)sc2ncc(C(=O)C(=O)N(C)C)n12. The molecule has 0 N–H and O–H groups in total. The number of benzene rings is 1. The van der Waals surface area contributed by atoms with Crippen LogP contribution in [0.2, 0.25) is 0 Å². The van der Waals surface area contributed by atoms with E-state index < -0.39 is 11.7 Å². The summed E-state index contributed by atoms with van der Waals surface area (Å²) in [5, 5.41) is 0. The molecule has 4 rings (SSSR count). The van der Waals surface area contributed by atoms with Crippen molar-refractivity contribution in [2.45, 2.75) is 26.2 Å². The Bertz CT molecular complexity index is 1170. The number of imidazole rings is 1. The van der Waals surface area contributed by atoms with E-state index in [0.29, 0.717) is 34.5 Å². The first kappa shape index (κ1) is 22.1. The Morgan fingerprint density at radius 2 is 1.81 bits per heavy atom. The number of halogens is 1. The molecule has 0 unspecified atom stereocenters. The molecule has 3 aromatic rings. The molecule has 32 heavy (non-hydrogen) atoms. The minimum atomic E-state index is -0.649. The third kappa shape index (κ3) is 4.17. The summed E-state index contributed by atoms with van der Waals surface area (Å²) in [7, 11) is 3.04. The standard InChI is InChI=1S/C23H25FN4O3S/c1-14-20(32-23-25-13-18(28(14)23)19(29)21(30)26(2)3)22(31)27-10-8-16(9-11-27)12-15-4-6-17(24)7-5-15/h4-7,13,16H,8-12H2,1-3H3. The normalized spacial score (nSPS) is 14.7. The molecule has 168 valence electrons. The highest BCUT2D eigenvalue weighted by Gasteiger charge is 2.29. The van der Waals surface area contributed by atoms with Gasteiger partial charge >= 0.3 is 0 Å². The van der Waals surface area contributed by atoms with E-state index in [9.17, 15) is 18.8 Å². The number of carbonyl (C=O) groups excluding carboxylic acids is 3. The highest BCUT2D eigenvalue weighted by Crippen LogP contribution is 2.28. The summed E-state index contributed by atoms with van der Waals surface area (Å²) in [6, 6.07) is 6.60. The van der Waals surface area contributed by atoms with Gasteiger partial charge in [0.25, 0.3) is 17.6 Å². The van der Waals surface area contributed by atoms with Crippen LogP contribution >= 0.6 is 11.3 Å². The highest BCUT2D eigenvalue weighted by molar-refractivity contribution is 7.19. The predicted octanol–water partition coefficient (Wildman–Crippen LogP) is 3.21. The molecule has 2 aromatic heterocycles. The molecule has 0 atom stereocenters. The largest absolute Gasteiger partial charge is 0.342 e. The number of ketones is 1. The predicted molar refractivity (Wildman–Crippen MR) is 120 cm³/mol. The van der Waals surface area contributed by atoms with Crippen molar-refractivity contribution >= 4 is 33.9 Å². The first-order valence-corrected chi connectivity index (χ1v) is 11.3. The number of fused-ring (bicyclic) bond motifs is 1. The quantitative estimate of drug-likeness (QED) is 0.437. The van der Waals surface area contributed by atoms with Crippen LogP contribution in [0.15, 0.2) is 30.5 Å². The summed E-state index contributed by atoms with van der Waals surface area (Å²) in [6.45, 7) is 3.07. The van der Waals surface area contributed by atoms with Crippen molar-refractivity contribution in [2.75, 3.05) is 27.2 Å². The second-order valence-electron chi connectivity index (χ2n) is 8.37. The van der Waals surface area contributed by atoms with Crippen molar-refractivity contribution in [1.82, 2.24) is 19.2 Å². The number of hydrogen-bond acceptors (Lipinski definition) is 5. The van der Waals surface area contributed by atoms with Gasteiger partial charge in [0.1, 0.15) is 16.4 Å². The number of Topliss-reactive ketones (excluding diaryl/α,β-unsaturated/α-hetero) is 1. The first-order chi connectivity index (χ1) is 15.3. The van der Waals surface area contributed by atoms with Gasteiger partial charge in [-0.15, -0.1) is 0 Å². The average molecular weight is 457 g/mol. The fraction of sp³-hybridized carbons (Fsp3) is 0.391. The van der Waals surface area contributed by atoms with Crippen LogP contribution in [0, 0.1) is 18.7 Å². The summed E-state index contributed by atoms with van der Waals surface area (Å²) in [6.07, 6.45) is 4.02. The molecular weight excluding hydrogens is 431 g/mol. The number of carbonyl (C=O) groups is 3. The van der Waals surface area contributed by atoms with Gasteiger partial charge in [-0.25, -0.2) is 9.37 Å². The molecule has 1 fully saturated rings. The van der Waals surface area contributed by atoms with Crippen LogP contribution in [0.4, 0.5) is 4.39 Å². The minimum Gasteiger partial charge on any atom is -0.342 e. The number of likely N-dealkylation sites (tertiary alicyclic amines) is 1. The molecule has 2 amide bonds. The Morgan fingerprint density at radius 3 is 2.44 bits per heavy atom. The van der Waals surface area contributed by atoms with Crippen molar-refractivity contribution in [3.63, 3.8) is 0 Å². The van der Waals surface area contributed by atoms with Crippen molar-refractivity contribution < 1.29 is 18.8 Å². The van der Waals surface area contributed by atoms with E-state index in [0.717, 1.165) is 24.8 Å². The number of nitrogens with zero attached hydrogens (tertiary/aromatic N) is 4. The number of aromatic nitrogens is 2. The molecule has 0 aliphatic carbocycles. The van der Waals surface area contributed by atoms with Gasteiger partial charge in [-0.1, -0.05) is 23.5 Å². The van der Waals surface area contributed by atoms with Gasteiger partial charge in [0.05, 0.1) is 6.20 Å². The summed E-state index contributed by atoms with van der Waals surface area (Å²) < 4.78 is 14.7. The zero-order valence-corrected chi connectivity index (χ0v) is 19.1. The van der Waals surface area contributed by atoms with Crippen molar-refractivity contribution in [3.8, 4) is 0 Å². The lowest BCUT2D eigenvalue weighted by molar-refractivity contribution is -0.124. The number of amides is 2. The molecule has 1 aliphatic heterocycles. The smallest absolute Gasteiger partial charge is 0.296 e. The van der Waals surface area contributed by atoms with Gasteiger partial charge in [-0.05, 0) is 49.8 Å². The third-order valence-corrected chi connectivity index (χ3v) is 7.10. The molecule has 9 heteroatoms. The van der Waals surface area contributed by atoms with Gasteiger partial charge in [0.15, 0.2) is 4.96 Å². The monoisotopic (exact) mass is 456 g/mol. The summed E-state index contributed by atoms with van der Waals surface area (Å²) in [5.41, 5.74) is 1.90. The Hall–Kier alpha value is -3.07. The van der Waals surface area contributed by atoms with E-state index >= 15 is 0 Å². The van der Waals surface area contributed by atoms with Gasteiger partial charge in [0, 0.05) is 32.9 Å². The average Bonchev–Trinajstić information content (AvgIpc) is 3.34. The van der Waals surface area contributed by atoms with Crippen LogP contribution in [0.1, 0.15) is 44.3 Å². The minimum absolute atomic E-state index is 0.0735. The fourth-order valence-electron chi connectivity index (χ4n) is 4.11. The molecule has 1 aromatic carbocycles. The van der Waals surface area contributed by atoms with Gasteiger partial charge in [0.2, 0.25) is 0 Å². The highest BCUT2D eigenvalue weighted by atomic mass is 32.1. The summed E-state index contributed by atoms with van der Waals surface area (Å²) in [5.74, 6) is -1.14. The maximum absolute atomic E-state index is 13.2. The second-order valence-corrected chi connectivity index (χ2v) is 9.35. The lowest BCUT2D eigenvalue weighted by Gasteiger charge is -2.32. The first-order valence-electron chi connectivity index (χ1n) is 10.5. The zero-order valence-electron chi connectivity index (χ0n) is 18.3. The number of hydrogen-bond donors (Lipinski definition) is 0. The molecule has 1 aliphatic rings. The van der Waals surface area contributed by atoms with Gasteiger partial charge < -0.3 is 9.80 Å². The third-order valence-electron chi connectivity index (χ3n) is 5.95. The van der Waals surface area contributed by atoms with E-state index in [1.165, 1.54) is 48.7 Å². The fourth-order valence-corrected chi connectivity index (χ4v) is 5.18. The number of likely N-dealkylation sites (N-methyl/N-ethyl adjacent to an activating group) is 1. The molecule has 0 bridgehead atoms. The Labute approximate surface area is 189 Å². The van der Waals surface area contributed by atoms with E-state index in [1.54, 1.807) is 11.3 Å². The Balaban J connectivity index is 1.46. The number of thiazole rings is 1. The lowest BCUT2D eigenvalue weighted by Crippen LogP contribution is -2.38. The van der Waals surface area contributed by atoms with Crippen LogP contribution in [0.25, 0.3) is 4.96 Å². The second kappa shape index (κ2) is 8.82. The molecule has 1 saturated heterocycles. The number of aryl methyl sites for hydroxylation is 1. The van der Waals surface area contributed by atoms with Crippen molar-refractivity contribution in [2.24, 2.45) is 5.92 Å². The van der Waals surface area contributed by atoms with Gasteiger partial charge in [-0.2, -0.15) is 0 Å². The lowest BCUT2D eigenvalue weighted by atomic mass is 9.90.